The van der Waals surface area contributed by atoms with Crippen molar-refractivity contribution in [2.75, 3.05) is 19.0 Å². The van der Waals surface area contributed by atoms with Crippen LogP contribution in [-0.4, -0.2) is 35.9 Å². The number of nitrogens with zero attached hydrogens (tertiary/aromatic N) is 2. The first kappa shape index (κ1) is 16.6. The third-order valence-corrected chi connectivity index (χ3v) is 4.23. The van der Waals surface area contributed by atoms with Crippen molar-refractivity contribution in [1.29, 1.82) is 0 Å². The predicted molar refractivity (Wildman–Crippen MR) is 88.9 cm³/mol. The van der Waals surface area contributed by atoms with Gasteiger partial charge in [-0.25, -0.2) is 4.79 Å². The van der Waals surface area contributed by atoms with Gasteiger partial charge in [0.2, 0.25) is 0 Å². The molecule has 1 aromatic carbocycles. The molecule has 1 heterocycles. The summed E-state index contributed by atoms with van der Waals surface area (Å²) >= 11 is 1.21. The van der Waals surface area contributed by atoms with Crippen LogP contribution in [0.2, 0.25) is 0 Å². The number of ketones is 1. The molecule has 23 heavy (non-hydrogen) atoms. The van der Waals surface area contributed by atoms with E-state index in [1.54, 1.807) is 14.0 Å². The zero-order valence-corrected chi connectivity index (χ0v) is 13.5. The molecular formula is C16H15N3O3S. The first-order valence-electron chi connectivity index (χ1n) is 6.93. The Morgan fingerprint density at radius 2 is 2.00 bits per heavy atom. The molecule has 0 bridgehead atoms. The average molecular weight is 329 g/mol. The van der Waals surface area contributed by atoms with Crippen molar-refractivity contribution < 1.29 is 19.1 Å². The molecule has 6 nitrogen and oxygen atoms in total. The second-order valence-corrected chi connectivity index (χ2v) is 5.52. The van der Waals surface area contributed by atoms with Crippen LogP contribution in [0.5, 0.6) is 0 Å². The van der Waals surface area contributed by atoms with Gasteiger partial charge in [-0.3, -0.25) is 4.79 Å². The van der Waals surface area contributed by atoms with Gasteiger partial charge in [0.05, 0.1) is 12.3 Å². The SMILES string of the molecule is CCOC(=O)C(=[N+]=[N-])C(=O)c1sc(-c2ccccc2)cc1NC. The van der Waals surface area contributed by atoms with Gasteiger partial charge < -0.3 is 15.6 Å². The summed E-state index contributed by atoms with van der Waals surface area (Å²) < 4.78 is 4.74. The van der Waals surface area contributed by atoms with E-state index in [4.69, 9.17) is 10.3 Å². The Morgan fingerprint density at radius 3 is 2.57 bits per heavy atom. The lowest BCUT2D eigenvalue weighted by Gasteiger charge is -1.99. The summed E-state index contributed by atoms with van der Waals surface area (Å²) in [5.74, 6) is -1.63. The molecule has 0 aliphatic carbocycles. The smallest absolute Gasteiger partial charge is 0.447 e. The van der Waals surface area contributed by atoms with Crippen LogP contribution < -0.4 is 5.32 Å². The lowest BCUT2D eigenvalue weighted by atomic mass is 10.1. The molecule has 0 aliphatic heterocycles. The predicted octanol–water partition coefficient (Wildman–Crippen LogP) is 2.87. The van der Waals surface area contributed by atoms with E-state index in [0.717, 1.165) is 10.4 Å². The maximum absolute atomic E-state index is 12.5. The molecule has 0 unspecified atom stereocenters. The monoisotopic (exact) mass is 329 g/mol. The molecule has 7 heteroatoms. The highest BCUT2D eigenvalue weighted by Crippen LogP contribution is 2.35. The summed E-state index contributed by atoms with van der Waals surface area (Å²) in [5, 5.41) is 2.92. The lowest BCUT2D eigenvalue weighted by molar-refractivity contribution is -0.139. The number of Topliss-reactive ketones (excluding diaryl/α,β-unsaturated/α-hetero) is 1. The molecule has 0 aliphatic rings. The van der Waals surface area contributed by atoms with Crippen LogP contribution in [0.25, 0.3) is 16.0 Å². The number of nitrogens with one attached hydrogen (secondary N) is 1. The highest BCUT2D eigenvalue weighted by molar-refractivity contribution is 7.19. The molecule has 2 aromatic rings. The maximum Gasteiger partial charge on any atom is 0.447 e. The van der Waals surface area contributed by atoms with Crippen LogP contribution in [0.1, 0.15) is 16.6 Å². The molecule has 0 radical (unpaired) electrons. The molecule has 2 rings (SSSR count). The number of carbonyl (C=O) groups excluding carboxylic acids is 2. The van der Waals surface area contributed by atoms with E-state index in [1.807, 2.05) is 36.4 Å². The van der Waals surface area contributed by atoms with Crippen LogP contribution in [0.3, 0.4) is 0 Å². The Balaban J connectivity index is 2.43. The standard InChI is InChI=1S/C16H15N3O3S/c1-3-22-16(21)13(19-17)14(20)15-11(18-2)9-12(23-15)10-7-5-4-6-8-10/h4-9,18H,3H2,1-2H3. The number of anilines is 1. The second-order valence-electron chi connectivity index (χ2n) is 4.47. The zero-order valence-electron chi connectivity index (χ0n) is 12.7. The van der Waals surface area contributed by atoms with E-state index in [9.17, 15) is 9.59 Å². The molecule has 118 valence electrons. The van der Waals surface area contributed by atoms with Gasteiger partial charge in [0.15, 0.2) is 0 Å². The number of thiophene rings is 1. The first-order valence-corrected chi connectivity index (χ1v) is 7.74. The summed E-state index contributed by atoms with van der Waals surface area (Å²) in [6, 6.07) is 11.4. The molecule has 1 aromatic heterocycles. The highest BCUT2D eigenvalue weighted by Gasteiger charge is 2.35. The Morgan fingerprint density at radius 1 is 1.30 bits per heavy atom. The summed E-state index contributed by atoms with van der Waals surface area (Å²) in [7, 11) is 1.67. The van der Waals surface area contributed by atoms with E-state index in [-0.39, 0.29) is 11.5 Å². The fraction of sp³-hybridized carbons (Fsp3) is 0.188. The van der Waals surface area contributed by atoms with E-state index in [0.29, 0.717) is 5.69 Å². The van der Waals surface area contributed by atoms with Gasteiger partial charge in [-0.2, -0.15) is 4.79 Å². The van der Waals surface area contributed by atoms with Crippen LogP contribution >= 0.6 is 11.3 Å². The van der Waals surface area contributed by atoms with Gasteiger partial charge in [-0.1, -0.05) is 30.3 Å². The fourth-order valence-corrected chi connectivity index (χ4v) is 3.09. The van der Waals surface area contributed by atoms with Crippen molar-refractivity contribution in [2.24, 2.45) is 0 Å². The molecular weight excluding hydrogens is 314 g/mol. The number of hydrogen-bond acceptors (Lipinski definition) is 5. The third-order valence-electron chi connectivity index (χ3n) is 3.05. The number of benzene rings is 1. The minimum Gasteiger partial charge on any atom is -0.457 e. The Kier molecular flexibility index (Phi) is 5.41. The summed E-state index contributed by atoms with van der Waals surface area (Å²) in [6.45, 7) is 1.69. The van der Waals surface area contributed by atoms with Crippen LogP contribution in [0.15, 0.2) is 36.4 Å². The Hall–Kier alpha value is -2.76. The zero-order chi connectivity index (χ0) is 16.8. The topological polar surface area (TPSA) is 91.8 Å². The van der Waals surface area contributed by atoms with Crippen molar-refractivity contribution in [3.63, 3.8) is 0 Å². The van der Waals surface area contributed by atoms with Gasteiger partial charge in [0, 0.05) is 11.9 Å². The van der Waals surface area contributed by atoms with Gasteiger partial charge >= 0.3 is 11.7 Å². The molecule has 0 saturated heterocycles. The van der Waals surface area contributed by atoms with Gasteiger partial charge in [0.25, 0.3) is 5.78 Å². The van der Waals surface area contributed by atoms with Gasteiger partial charge in [-0.15, -0.1) is 11.3 Å². The summed E-state index contributed by atoms with van der Waals surface area (Å²) in [5.41, 5.74) is 9.87. The van der Waals surface area contributed by atoms with Gasteiger partial charge in [-0.05, 0) is 18.6 Å². The molecule has 0 saturated carbocycles. The van der Waals surface area contributed by atoms with E-state index < -0.39 is 17.5 Å². The third kappa shape index (κ3) is 3.53. The Bertz CT molecular complexity index is 777. The van der Waals surface area contributed by atoms with Crippen molar-refractivity contribution in [1.82, 2.24) is 0 Å². The van der Waals surface area contributed by atoms with Crippen LogP contribution in [0.4, 0.5) is 5.69 Å². The average Bonchev–Trinajstić information content (AvgIpc) is 3.01. The molecule has 0 fully saturated rings. The normalized spacial score (nSPS) is 9.83. The number of hydrogen-bond donors (Lipinski definition) is 1. The lowest BCUT2D eigenvalue weighted by Crippen LogP contribution is -2.27. The fourth-order valence-electron chi connectivity index (χ4n) is 1.98. The van der Waals surface area contributed by atoms with Crippen molar-refractivity contribution in [3.8, 4) is 10.4 Å². The van der Waals surface area contributed by atoms with E-state index in [1.165, 1.54) is 11.3 Å². The summed E-state index contributed by atoms with van der Waals surface area (Å²) in [6.07, 6.45) is 0. The van der Waals surface area contributed by atoms with Crippen molar-refractivity contribution >= 4 is 34.5 Å². The molecule has 0 spiro atoms. The summed E-state index contributed by atoms with van der Waals surface area (Å²) in [4.78, 5) is 28.2. The molecule has 0 amide bonds. The van der Waals surface area contributed by atoms with Crippen LogP contribution in [-0.2, 0) is 9.53 Å². The number of ether oxygens (including phenoxy) is 1. The second kappa shape index (κ2) is 7.49. The molecule has 0 atom stereocenters. The van der Waals surface area contributed by atoms with Crippen molar-refractivity contribution in [3.05, 3.63) is 46.8 Å². The van der Waals surface area contributed by atoms with Crippen molar-refractivity contribution in [2.45, 2.75) is 6.92 Å². The number of rotatable bonds is 6. The van der Waals surface area contributed by atoms with Gasteiger partial charge in [0.1, 0.15) is 4.88 Å². The largest absolute Gasteiger partial charge is 0.457 e. The highest BCUT2D eigenvalue weighted by atomic mass is 32.1. The van der Waals surface area contributed by atoms with E-state index >= 15 is 0 Å². The quantitative estimate of drug-likeness (QED) is 0.220. The Labute approximate surface area is 137 Å². The first-order chi connectivity index (χ1) is 11.1. The minimum atomic E-state index is -0.947. The molecule has 1 N–H and O–H groups in total. The van der Waals surface area contributed by atoms with Crippen LogP contribution in [0, 0.1) is 0 Å². The number of esters is 1. The van der Waals surface area contributed by atoms with E-state index in [2.05, 4.69) is 10.1 Å². The number of carbonyl (C=O) groups is 2. The minimum absolute atomic E-state index is 0.0870. The maximum atomic E-state index is 12.5.